The number of carbonyl (C=O) groups is 1. The lowest BCUT2D eigenvalue weighted by atomic mass is 10.2. The third-order valence-electron chi connectivity index (χ3n) is 5.02. The van der Waals surface area contributed by atoms with Crippen LogP contribution in [0.2, 0.25) is 0 Å². The molecule has 1 unspecified atom stereocenters. The van der Waals surface area contributed by atoms with Crippen LogP contribution in [0.4, 0.5) is 4.39 Å². The standard InChI is InChI=1S/C23H29FN4OS/c1-15(2)25-22(29)12-27(5)13-23-26-21(14-30-23)20-10-16(3)28(17(20)4)11-18-6-8-19(24)9-7-18/h6-10,14-15H,11-13H2,1-5H3,(H,25,29)/p+1. The van der Waals surface area contributed by atoms with E-state index >= 15 is 0 Å². The van der Waals surface area contributed by atoms with Gasteiger partial charge in [-0.3, -0.25) is 4.79 Å². The second-order valence-electron chi connectivity index (χ2n) is 8.16. The third kappa shape index (κ3) is 5.55. The maximum atomic E-state index is 13.2. The van der Waals surface area contributed by atoms with Gasteiger partial charge < -0.3 is 14.8 Å². The Balaban J connectivity index is 1.71. The van der Waals surface area contributed by atoms with Crippen molar-refractivity contribution in [2.24, 2.45) is 0 Å². The van der Waals surface area contributed by atoms with Crippen LogP contribution < -0.4 is 10.2 Å². The highest BCUT2D eigenvalue weighted by molar-refractivity contribution is 7.09. The fourth-order valence-corrected chi connectivity index (χ4v) is 4.47. The summed E-state index contributed by atoms with van der Waals surface area (Å²) < 4.78 is 15.4. The van der Waals surface area contributed by atoms with E-state index in [1.165, 1.54) is 12.1 Å². The molecule has 30 heavy (non-hydrogen) atoms. The summed E-state index contributed by atoms with van der Waals surface area (Å²) in [5.74, 6) is -0.159. The molecule has 0 radical (unpaired) electrons. The van der Waals surface area contributed by atoms with Crippen LogP contribution in [-0.4, -0.2) is 35.1 Å². The van der Waals surface area contributed by atoms with Crippen molar-refractivity contribution in [1.82, 2.24) is 14.9 Å². The Hall–Kier alpha value is -2.51. The monoisotopic (exact) mass is 429 g/mol. The fourth-order valence-electron chi connectivity index (χ4n) is 3.56. The summed E-state index contributed by atoms with van der Waals surface area (Å²) in [6, 6.07) is 8.95. The number of halogens is 1. The molecular weight excluding hydrogens is 399 g/mol. The Labute approximate surface area is 181 Å². The lowest BCUT2D eigenvalue weighted by Gasteiger charge is -2.13. The molecule has 0 saturated heterocycles. The molecule has 3 rings (SSSR count). The van der Waals surface area contributed by atoms with Crippen molar-refractivity contribution in [1.29, 1.82) is 0 Å². The number of benzene rings is 1. The number of quaternary nitrogens is 1. The van der Waals surface area contributed by atoms with E-state index in [-0.39, 0.29) is 17.8 Å². The molecule has 0 fully saturated rings. The molecule has 1 atom stereocenters. The largest absolute Gasteiger partial charge is 0.349 e. The Morgan fingerprint density at radius 1 is 1.27 bits per heavy atom. The highest BCUT2D eigenvalue weighted by Crippen LogP contribution is 2.28. The molecule has 0 aliphatic carbocycles. The van der Waals surface area contributed by atoms with E-state index in [2.05, 4.69) is 35.2 Å². The Bertz CT molecular complexity index is 1010. The van der Waals surface area contributed by atoms with Gasteiger partial charge in [0.05, 0.1) is 12.7 Å². The predicted molar refractivity (Wildman–Crippen MR) is 119 cm³/mol. The zero-order valence-corrected chi connectivity index (χ0v) is 19.1. The van der Waals surface area contributed by atoms with Crippen molar-refractivity contribution in [3.8, 4) is 11.3 Å². The van der Waals surface area contributed by atoms with Crippen LogP contribution in [0.1, 0.15) is 35.8 Å². The van der Waals surface area contributed by atoms with Crippen molar-refractivity contribution < 1.29 is 14.1 Å². The van der Waals surface area contributed by atoms with Crippen LogP contribution in [0.25, 0.3) is 11.3 Å². The highest BCUT2D eigenvalue weighted by Gasteiger charge is 2.17. The molecule has 2 heterocycles. The van der Waals surface area contributed by atoms with Crippen LogP contribution in [0.5, 0.6) is 0 Å². The Kier molecular flexibility index (Phi) is 7.05. The zero-order chi connectivity index (χ0) is 21.8. The average molecular weight is 430 g/mol. The molecule has 1 amide bonds. The minimum atomic E-state index is -0.218. The summed E-state index contributed by atoms with van der Waals surface area (Å²) in [7, 11) is 2.01. The fraction of sp³-hybridized carbons (Fsp3) is 0.391. The first-order valence-electron chi connectivity index (χ1n) is 10.2. The minimum Gasteiger partial charge on any atom is -0.349 e. The van der Waals surface area contributed by atoms with Gasteiger partial charge in [-0.2, -0.15) is 0 Å². The van der Waals surface area contributed by atoms with Gasteiger partial charge in [0.25, 0.3) is 5.91 Å². The van der Waals surface area contributed by atoms with Gasteiger partial charge in [0.1, 0.15) is 17.4 Å². The number of rotatable bonds is 8. The van der Waals surface area contributed by atoms with Crippen LogP contribution >= 0.6 is 11.3 Å². The van der Waals surface area contributed by atoms with E-state index in [1.807, 2.05) is 33.0 Å². The number of nitrogens with zero attached hydrogens (tertiary/aromatic N) is 2. The third-order valence-corrected chi connectivity index (χ3v) is 5.87. The number of hydrogen-bond acceptors (Lipinski definition) is 3. The predicted octanol–water partition coefficient (Wildman–Crippen LogP) is 2.96. The number of thiazole rings is 1. The highest BCUT2D eigenvalue weighted by atomic mass is 32.1. The molecule has 160 valence electrons. The molecule has 7 heteroatoms. The van der Waals surface area contributed by atoms with Gasteiger partial charge in [0.2, 0.25) is 0 Å². The molecule has 2 N–H and O–H groups in total. The van der Waals surface area contributed by atoms with E-state index in [0.717, 1.165) is 38.1 Å². The summed E-state index contributed by atoms with van der Waals surface area (Å²) >= 11 is 1.63. The number of aromatic nitrogens is 2. The Morgan fingerprint density at radius 2 is 1.97 bits per heavy atom. The summed E-state index contributed by atoms with van der Waals surface area (Å²) in [6.07, 6.45) is 0. The molecule has 5 nitrogen and oxygen atoms in total. The topological polar surface area (TPSA) is 51.4 Å². The van der Waals surface area contributed by atoms with Crippen molar-refractivity contribution in [3.05, 3.63) is 63.5 Å². The van der Waals surface area contributed by atoms with Gasteiger partial charge in [0.15, 0.2) is 6.54 Å². The van der Waals surface area contributed by atoms with E-state index < -0.39 is 0 Å². The smallest absolute Gasteiger partial charge is 0.275 e. The number of likely N-dealkylation sites (N-methyl/N-ethyl adjacent to an activating group) is 1. The maximum Gasteiger partial charge on any atom is 0.275 e. The number of carbonyl (C=O) groups excluding carboxylic acids is 1. The lowest BCUT2D eigenvalue weighted by molar-refractivity contribution is -0.885. The van der Waals surface area contributed by atoms with Gasteiger partial charge >= 0.3 is 0 Å². The van der Waals surface area contributed by atoms with E-state index in [0.29, 0.717) is 19.6 Å². The first kappa shape index (κ1) is 22.2. The minimum absolute atomic E-state index is 0.0589. The second kappa shape index (κ2) is 9.53. The van der Waals surface area contributed by atoms with Crippen LogP contribution in [-0.2, 0) is 17.9 Å². The normalized spacial score (nSPS) is 12.4. The molecule has 2 aromatic heterocycles. The summed E-state index contributed by atoms with van der Waals surface area (Å²) in [4.78, 5) is 17.9. The molecule has 3 aromatic rings. The van der Waals surface area contributed by atoms with Gasteiger partial charge in [-0.15, -0.1) is 11.3 Å². The van der Waals surface area contributed by atoms with Crippen molar-refractivity contribution in [3.63, 3.8) is 0 Å². The van der Waals surface area contributed by atoms with Gasteiger partial charge in [0, 0.05) is 34.9 Å². The number of amides is 1. The Morgan fingerprint density at radius 3 is 2.63 bits per heavy atom. The molecule has 0 bridgehead atoms. The van der Waals surface area contributed by atoms with Crippen molar-refractivity contribution in [2.75, 3.05) is 13.6 Å². The average Bonchev–Trinajstić information content (AvgIpc) is 3.22. The molecular formula is C23H30FN4OS+. The van der Waals surface area contributed by atoms with E-state index in [1.54, 1.807) is 11.3 Å². The molecule has 0 saturated carbocycles. The summed E-state index contributed by atoms with van der Waals surface area (Å²) in [6.45, 7) is 9.95. The zero-order valence-electron chi connectivity index (χ0n) is 18.3. The lowest BCUT2D eigenvalue weighted by Crippen LogP contribution is -3.09. The van der Waals surface area contributed by atoms with E-state index in [4.69, 9.17) is 4.98 Å². The molecule has 0 spiro atoms. The second-order valence-corrected chi connectivity index (χ2v) is 9.10. The first-order valence-corrected chi connectivity index (χ1v) is 11.1. The number of nitrogens with one attached hydrogen (secondary N) is 2. The van der Waals surface area contributed by atoms with Crippen LogP contribution in [0.3, 0.4) is 0 Å². The molecule has 0 aliphatic heterocycles. The summed E-state index contributed by atoms with van der Waals surface area (Å²) in [5.41, 5.74) is 5.44. The maximum absolute atomic E-state index is 13.2. The van der Waals surface area contributed by atoms with Crippen LogP contribution in [0, 0.1) is 19.7 Å². The number of aryl methyl sites for hydroxylation is 1. The van der Waals surface area contributed by atoms with Gasteiger partial charge in [-0.05, 0) is 51.5 Å². The number of hydrogen-bond donors (Lipinski definition) is 2. The van der Waals surface area contributed by atoms with Gasteiger partial charge in [-0.1, -0.05) is 12.1 Å². The quantitative estimate of drug-likeness (QED) is 0.579. The first-order chi connectivity index (χ1) is 14.2. The molecule has 0 aliphatic rings. The van der Waals surface area contributed by atoms with Crippen molar-refractivity contribution >= 4 is 17.2 Å². The molecule has 1 aromatic carbocycles. The van der Waals surface area contributed by atoms with Gasteiger partial charge in [-0.25, -0.2) is 9.37 Å². The van der Waals surface area contributed by atoms with Crippen molar-refractivity contribution in [2.45, 2.75) is 46.8 Å². The SMILES string of the molecule is Cc1cc(-c2csc(C[NH+](C)CC(=O)NC(C)C)n2)c(C)n1Cc1ccc(F)cc1. The summed E-state index contributed by atoms with van der Waals surface area (Å²) in [5, 5.41) is 6.03. The van der Waals surface area contributed by atoms with E-state index in [9.17, 15) is 9.18 Å². The van der Waals surface area contributed by atoms with Crippen LogP contribution in [0.15, 0.2) is 35.7 Å².